The molecule has 1 atom stereocenters. The molecule has 24 heavy (non-hydrogen) atoms. The number of carbonyl (C=O) groups excluding carboxylic acids is 1. The van der Waals surface area contributed by atoms with Crippen LogP contribution in [0, 0.1) is 5.92 Å². The topological polar surface area (TPSA) is 108 Å². The van der Waals surface area contributed by atoms with E-state index >= 15 is 0 Å². The van der Waals surface area contributed by atoms with Gasteiger partial charge >= 0.3 is 5.97 Å². The Morgan fingerprint density at radius 2 is 2.08 bits per heavy atom. The Kier molecular flexibility index (Phi) is 5.34. The van der Waals surface area contributed by atoms with Crippen LogP contribution in [0.5, 0.6) is 0 Å². The molecule has 1 aromatic heterocycles. The summed E-state index contributed by atoms with van der Waals surface area (Å²) in [6.45, 7) is 4.69. The molecular formula is C15H22N2O6S. The van der Waals surface area contributed by atoms with E-state index in [9.17, 15) is 18.0 Å². The maximum absolute atomic E-state index is 12.7. The summed E-state index contributed by atoms with van der Waals surface area (Å²) in [6.07, 6.45) is 1.00. The van der Waals surface area contributed by atoms with Gasteiger partial charge in [0, 0.05) is 20.1 Å². The van der Waals surface area contributed by atoms with Gasteiger partial charge in [0.2, 0.25) is 16.8 Å². The van der Waals surface area contributed by atoms with Crippen LogP contribution >= 0.6 is 0 Å². The Labute approximate surface area is 141 Å². The fourth-order valence-corrected chi connectivity index (χ4v) is 4.42. The summed E-state index contributed by atoms with van der Waals surface area (Å²) in [7, 11) is -2.40. The van der Waals surface area contributed by atoms with Gasteiger partial charge in [-0.3, -0.25) is 4.79 Å². The lowest BCUT2D eigenvalue weighted by molar-refractivity contribution is -0.133. The van der Waals surface area contributed by atoms with E-state index in [4.69, 9.17) is 9.52 Å². The fourth-order valence-electron chi connectivity index (χ4n) is 2.86. The molecule has 134 valence electrons. The van der Waals surface area contributed by atoms with Gasteiger partial charge in [-0.25, -0.2) is 13.2 Å². The number of hydrogen-bond donors (Lipinski definition) is 1. The number of sulfonamides is 1. The number of likely N-dealkylation sites (N-methyl/N-ethyl adjacent to an activating group) is 1. The summed E-state index contributed by atoms with van der Waals surface area (Å²) >= 11 is 0. The smallest absolute Gasteiger partial charge is 0.371 e. The van der Waals surface area contributed by atoms with Crippen LogP contribution in [-0.4, -0.2) is 60.8 Å². The monoisotopic (exact) mass is 358 g/mol. The van der Waals surface area contributed by atoms with Gasteiger partial charge in [0.05, 0.1) is 0 Å². The van der Waals surface area contributed by atoms with Crippen molar-refractivity contribution in [2.24, 2.45) is 5.92 Å². The van der Waals surface area contributed by atoms with Crippen molar-refractivity contribution in [3.8, 4) is 0 Å². The van der Waals surface area contributed by atoms with Crippen LogP contribution in [0.25, 0.3) is 0 Å². The highest BCUT2D eigenvalue weighted by Crippen LogP contribution is 2.28. The normalized spacial score (nSPS) is 18.9. The lowest BCUT2D eigenvalue weighted by Crippen LogP contribution is -2.47. The highest BCUT2D eigenvalue weighted by molar-refractivity contribution is 7.89. The van der Waals surface area contributed by atoms with Crippen LogP contribution in [0.1, 0.15) is 37.2 Å². The molecule has 0 aliphatic carbocycles. The maximum Gasteiger partial charge on any atom is 0.371 e. The molecule has 1 unspecified atom stereocenters. The molecule has 1 saturated heterocycles. The zero-order chi connectivity index (χ0) is 18.1. The number of furan rings is 1. The van der Waals surface area contributed by atoms with E-state index < -0.39 is 32.9 Å². The van der Waals surface area contributed by atoms with Gasteiger partial charge < -0.3 is 14.4 Å². The molecule has 1 aliphatic rings. The molecule has 9 heteroatoms. The molecule has 1 fully saturated rings. The first-order chi connectivity index (χ1) is 11.1. The van der Waals surface area contributed by atoms with Crippen molar-refractivity contribution in [1.29, 1.82) is 0 Å². The van der Waals surface area contributed by atoms with Crippen molar-refractivity contribution in [2.75, 3.05) is 20.1 Å². The Hall–Kier alpha value is -1.87. The third-order valence-electron chi connectivity index (χ3n) is 3.86. The Morgan fingerprint density at radius 3 is 2.62 bits per heavy atom. The molecule has 2 heterocycles. The van der Waals surface area contributed by atoms with E-state index in [2.05, 4.69) is 0 Å². The van der Waals surface area contributed by atoms with Crippen LogP contribution in [0.15, 0.2) is 21.6 Å². The van der Waals surface area contributed by atoms with E-state index in [-0.39, 0.29) is 18.4 Å². The zero-order valence-corrected chi connectivity index (χ0v) is 14.7. The molecule has 1 N–H and O–H groups in total. The van der Waals surface area contributed by atoms with Gasteiger partial charge in [0.25, 0.3) is 10.0 Å². The minimum Gasteiger partial charge on any atom is -0.475 e. The first-order valence-electron chi connectivity index (χ1n) is 7.74. The molecule has 0 bridgehead atoms. The van der Waals surface area contributed by atoms with E-state index in [0.29, 0.717) is 19.4 Å². The quantitative estimate of drug-likeness (QED) is 0.820. The van der Waals surface area contributed by atoms with Crippen LogP contribution in [0.2, 0.25) is 0 Å². The molecular weight excluding hydrogens is 336 g/mol. The minimum absolute atomic E-state index is 0.206. The van der Waals surface area contributed by atoms with Crippen molar-refractivity contribution in [2.45, 2.75) is 37.8 Å². The number of carbonyl (C=O) groups is 2. The van der Waals surface area contributed by atoms with Crippen molar-refractivity contribution >= 4 is 21.9 Å². The lowest BCUT2D eigenvalue weighted by atomic mass is 10.1. The van der Waals surface area contributed by atoms with Gasteiger partial charge in [-0.1, -0.05) is 13.8 Å². The second-order valence-corrected chi connectivity index (χ2v) is 8.13. The van der Waals surface area contributed by atoms with Gasteiger partial charge in [-0.2, -0.15) is 4.31 Å². The number of hydrogen-bond acceptors (Lipinski definition) is 5. The number of amides is 1. The first-order valence-corrected chi connectivity index (χ1v) is 9.18. The third kappa shape index (κ3) is 3.62. The highest BCUT2D eigenvalue weighted by Gasteiger charge is 2.42. The summed E-state index contributed by atoms with van der Waals surface area (Å²) in [5, 5.41) is 8.41. The van der Waals surface area contributed by atoms with Crippen LogP contribution in [0.4, 0.5) is 0 Å². The average Bonchev–Trinajstić information content (AvgIpc) is 3.15. The number of carboxylic acids is 1. The number of carboxylic acid groups (broad SMARTS) is 1. The minimum atomic E-state index is -4.05. The average molecular weight is 358 g/mol. The van der Waals surface area contributed by atoms with E-state index in [1.165, 1.54) is 4.90 Å². The summed E-state index contributed by atoms with van der Waals surface area (Å²) in [6, 6.07) is 1.42. The zero-order valence-electron chi connectivity index (χ0n) is 13.9. The standard InChI is InChI=1S/C15H22N2O6S/c1-10(2)9-16(3)14(18)11-5-4-8-17(11)24(21,22)13-7-6-12(23-13)15(19)20/h6-7,10-11H,4-5,8-9H2,1-3H3,(H,19,20). The highest BCUT2D eigenvalue weighted by atomic mass is 32.2. The Bertz CT molecular complexity index is 724. The Morgan fingerprint density at radius 1 is 1.42 bits per heavy atom. The molecule has 1 amide bonds. The van der Waals surface area contributed by atoms with Gasteiger partial charge in [0.1, 0.15) is 6.04 Å². The second-order valence-electron chi connectivity index (χ2n) is 6.31. The predicted octanol–water partition coefficient (Wildman–Crippen LogP) is 1.25. The molecule has 2 rings (SSSR count). The van der Waals surface area contributed by atoms with E-state index in [0.717, 1.165) is 16.4 Å². The van der Waals surface area contributed by atoms with Crippen molar-refractivity contribution < 1.29 is 27.5 Å². The predicted molar refractivity (Wildman–Crippen MR) is 85.1 cm³/mol. The van der Waals surface area contributed by atoms with Crippen LogP contribution in [0.3, 0.4) is 0 Å². The number of aromatic carboxylic acids is 1. The molecule has 8 nitrogen and oxygen atoms in total. The molecule has 1 aliphatic heterocycles. The van der Waals surface area contributed by atoms with E-state index in [1.807, 2.05) is 13.8 Å². The number of nitrogens with zero attached hydrogens (tertiary/aromatic N) is 2. The van der Waals surface area contributed by atoms with Crippen LogP contribution < -0.4 is 0 Å². The lowest BCUT2D eigenvalue weighted by Gasteiger charge is -2.27. The van der Waals surface area contributed by atoms with Crippen LogP contribution in [-0.2, 0) is 14.8 Å². The summed E-state index contributed by atoms with van der Waals surface area (Å²) in [4.78, 5) is 25.0. The molecule has 0 radical (unpaired) electrons. The van der Waals surface area contributed by atoms with Gasteiger partial charge in [0.15, 0.2) is 0 Å². The molecule has 0 saturated carbocycles. The maximum atomic E-state index is 12.7. The summed E-state index contributed by atoms with van der Waals surface area (Å²) in [5.74, 6) is -1.78. The SMILES string of the molecule is CC(C)CN(C)C(=O)C1CCCN1S(=O)(=O)c1ccc(C(=O)O)o1. The molecule has 0 aromatic carbocycles. The fraction of sp³-hybridized carbons (Fsp3) is 0.600. The van der Waals surface area contributed by atoms with Gasteiger partial charge in [-0.05, 0) is 30.9 Å². The largest absolute Gasteiger partial charge is 0.475 e. The Balaban J connectivity index is 2.25. The third-order valence-corrected chi connectivity index (χ3v) is 5.64. The van der Waals surface area contributed by atoms with Crippen molar-refractivity contribution in [3.63, 3.8) is 0 Å². The molecule has 0 spiro atoms. The van der Waals surface area contributed by atoms with Crippen molar-refractivity contribution in [3.05, 3.63) is 17.9 Å². The first kappa shape index (κ1) is 18.5. The van der Waals surface area contributed by atoms with E-state index in [1.54, 1.807) is 7.05 Å². The van der Waals surface area contributed by atoms with Gasteiger partial charge in [-0.15, -0.1) is 0 Å². The molecule has 1 aromatic rings. The summed E-state index contributed by atoms with van der Waals surface area (Å²) in [5.41, 5.74) is 0. The van der Waals surface area contributed by atoms with Crippen molar-refractivity contribution in [1.82, 2.24) is 9.21 Å². The number of rotatable bonds is 6. The second kappa shape index (κ2) is 6.94. The summed E-state index contributed by atoms with van der Waals surface area (Å²) < 4.78 is 31.4.